The van der Waals surface area contributed by atoms with E-state index < -0.39 is 5.97 Å². The average molecular weight is 350 g/mol. The van der Waals surface area contributed by atoms with Crippen LogP contribution in [0, 0.1) is 12.3 Å². The van der Waals surface area contributed by atoms with E-state index in [2.05, 4.69) is 11.2 Å². The smallest absolute Gasteiger partial charge is 0.335 e. The zero-order chi connectivity index (χ0) is 16.8. The fraction of sp³-hybridized carbons (Fsp3) is 0.118. The number of anilines is 1. The standard InChI is InChI=1S/C17H13Cl2NO3/c1-2-6-23-16-14(18)7-11(8-15(16)19)10-20-13-5-3-4-12(9-13)17(21)22/h1,3-5,7-9,20H,6,10H2,(H,21,22). The van der Waals surface area contributed by atoms with Crippen LogP contribution in [0.25, 0.3) is 0 Å². The minimum Gasteiger partial charge on any atom is -0.478 e. The van der Waals surface area contributed by atoms with Gasteiger partial charge in [-0.3, -0.25) is 0 Å². The molecule has 2 N–H and O–H groups in total. The lowest BCUT2D eigenvalue weighted by molar-refractivity contribution is 0.0697. The van der Waals surface area contributed by atoms with E-state index in [0.717, 1.165) is 5.56 Å². The number of carboxylic acid groups (broad SMARTS) is 1. The predicted octanol–water partition coefficient (Wildman–Crippen LogP) is 4.32. The molecule has 0 aliphatic heterocycles. The maximum atomic E-state index is 10.9. The first kappa shape index (κ1) is 17.0. The number of hydrogen-bond acceptors (Lipinski definition) is 3. The van der Waals surface area contributed by atoms with Crippen LogP contribution in [-0.4, -0.2) is 17.7 Å². The van der Waals surface area contributed by atoms with Crippen molar-refractivity contribution in [1.82, 2.24) is 0 Å². The number of aromatic carboxylic acids is 1. The van der Waals surface area contributed by atoms with Gasteiger partial charge >= 0.3 is 5.97 Å². The third kappa shape index (κ3) is 4.56. The molecule has 0 atom stereocenters. The Bertz CT molecular complexity index is 746. The van der Waals surface area contributed by atoms with Crippen LogP contribution in [0.1, 0.15) is 15.9 Å². The number of hydrogen-bond donors (Lipinski definition) is 2. The normalized spacial score (nSPS) is 9.96. The van der Waals surface area contributed by atoms with Crippen molar-refractivity contribution in [3.63, 3.8) is 0 Å². The quantitative estimate of drug-likeness (QED) is 0.762. The molecule has 0 saturated carbocycles. The molecular weight excluding hydrogens is 337 g/mol. The van der Waals surface area contributed by atoms with E-state index in [9.17, 15) is 4.79 Å². The van der Waals surface area contributed by atoms with Crippen LogP contribution in [0.2, 0.25) is 10.0 Å². The molecule has 4 nitrogen and oxygen atoms in total. The summed E-state index contributed by atoms with van der Waals surface area (Å²) in [5.74, 6) is 1.72. The lowest BCUT2D eigenvalue weighted by Crippen LogP contribution is -2.03. The van der Waals surface area contributed by atoms with E-state index in [1.807, 2.05) is 0 Å². The van der Waals surface area contributed by atoms with Gasteiger partial charge in [-0.05, 0) is 35.9 Å². The van der Waals surface area contributed by atoms with Crippen molar-refractivity contribution in [3.05, 3.63) is 57.6 Å². The summed E-state index contributed by atoms with van der Waals surface area (Å²) < 4.78 is 5.29. The fourth-order valence-electron chi connectivity index (χ4n) is 1.93. The number of halogens is 2. The number of terminal acetylenes is 1. The zero-order valence-corrected chi connectivity index (χ0v) is 13.5. The van der Waals surface area contributed by atoms with Crippen LogP contribution >= 0.6 is 23.2 Å². The number of carbonyl (C=O) groups is 1. The monoisotopic (exact) mass is 349 g/mol. The van der Waals surface area contributed by atoms with Gasteiger partial charge in [0, 0.05) is 12.2 Å². The van der Waals surface area contributed by atoms with Gasteiger partial charge in [0.1, 0.15) is 6.61 Å². The molecular formula is C17H13Cl2NO3. The molecule has 0 radical (unpaired) electrons. The second kappa shape index (κ2) is 7.77. The van der Waals surface area contributed by atoms with Crippen LogP contribution in [-0.2, 0) is 6.54 Å². The van der Waals surface area contributed by atoms with Gasteiger partial charge in [0.2, 0.25) is 0 Å². The van der Waals surface area contributed by atoms with E-state index >= 15 is 0 Å². The molecule has 0 aliphatic rings. The van der Waals surface area contributed by atoms with E-state index in [1.165, 1.54) is 6.07 Å². The van der Waals surface area contributed by atoms with Crippen molar-refractivity contribution in [1.29, 1.82) is 0 Å². The Balaban J connectivity index is 2.11. The second-order valence-electron chi connectivity index (χ2n) is 4.62. The van der Waals surface area contributed by atoms with Crippen molar-refractivity contribution < 1.29 is 14.6 Å². The van der Waals surface area contributed by atoms with Crippen LogP contribution < -0.4 is 10.1 Å². The van der Waals surface area contributed by atoms with Crippen LogP contribution in [0.5, 0.6) is 5.75 Å². The van der Waals surface area contributed by atoms with E-state index in [0.29, 0.717) is 28.0 Å². The minimum absolute atomic E-state index is 0.0824. The van der Waals surface area contributed by atoms with Gasteiger partial charge in [0.25, 0.3) is 0 Å². The molecule has 0 aliphatic carbocycles. The molecule has 2 aromatic carbocycles. The Morgan fingerprint density at radius 1 is 1.26 bits per heavy atom. The van der Waals surface area contributed by atoms with Crippen molar-refractivity contribution in [3.8, 4) is 18.1 Å². The molecule has 0 amide bonds. The Hall–Kier alpha value is -2.35. The molecule has 0 aromatic heterocycles. The summed E-state index contributed by atoms with van der Waals surface area (Å²) >= 11 is 12.3. The first-order valence-corrected chi connectivity index (χ1v) is 7.38. The maximum Gasteiger partial charge on any atom is 0.335 e. The van der Waals surface area contributed by atoms with Gasteiger partial charge in [0.15, 0.2) is 5.75 Å². The third-order valence-corrected chi connectivity index (χ3v) is 3.53. The highest BCUT2D eigenvalue weighted by Crippen LogP contribution is 2.34. The summed E-state index contributed by atoms with van der Waals surface area (Å²) in [5.41, 5.74) is 1.72. The molecule has 6 heteroatoms. The second-order valence-corrected chi connectivity index (χ2v) is 5.44. The van der Waals surface area contributed by atoms with Gasteiger partial charge < -0.3 is 15.2 Å². The van der Waals surface area contributed by atoms with Crippen molar-refractivity contribution in [2.24, 2.45) is 0 Å². The molecule has 0 unspecified atom stereocenters. The average Bonchev–Trinajstić information content (AvgIpc) is 2.52. The number of nitrogens with one attached hydrogen (secondary N) is 1. The Morgan fingerprint density at radius 3 is 2.57 bits per heavy atom. The minimum atomic E-state index is -0.977. The third-order valence-electron chi connectivity index (χ3n) is 2.96. The molecule has 2 aromatic rings. The first-order chi connectivity index (χ1) is 11.0. The molecule has 0 saturated heterocycles. The van der Waals surface area contributed by atoms with Crippen LogP contribution in [0.3, 0.4) is 0 Å². The van der Waals surface area contributed by atoms with Crippen molar-refractivity contribution in [2.75, 3.05) is 11.9 Å². The molecule has 0 fully saturated rings. The summed E-state index contributed by atoms with van der Waals surface area (Å²) in [6, 6.07) is 9.96. The van der Waals surface area contributed by atoms with Crippen LogP contribution in [0.15, 0.2) is 36.4 Å². The zero-order valence-electron chi connectivity index (χ0n) is 12.0. The number of rotatable bonds is 6. The largest absolute Gasteiger partial charge is 0.478 e. The molecule has 23 heavy (non-hydrogen) atoms. The van der Waals surface area contributed by atoms with Crippen LogP contribution in [0.4, 0.5) is 5.69 Å². The van der Waals surface area contributed by atoms with Gasteiger partial charge in [-0.15, -0.1) is 6.42 Å². The van der Waals surface area contributed by atoms with E-state index in [1.54, 1.807) is 30.3 Å². The molecule has 0 spiro atoms. The Morgan fingerprint density at radius 2 is 1.96 bits per heavy atom. The summed E-state index contributed by atoms with van der Waals surface area (Å²) in [5, 5.41) is 12.8. The Kier molecular flexibility index (Phi) is 5.75. The van der Waals surface area contributed by atoms with E-state index in [-0.39, 0.29) is 12.2 Å². The molecule has 2 rings (SSSR count). The number of benzene rings is 2. The lowest BCUT2D eigenvalue weighted by atomic mass is 10.2. The van der Waals surface area contributed by atoms with Gasteiger partial charge in [-0.1, -0.05) is 35.2 Å². The predicted molar refractivity (Wildman–Crippen MR) is 91.5 cm³/mol. The van der Waals surface area contributed by atoms with Gasteiger partial charge in [0.05, 0.1) is 15.6 Å². The Labute approximate surface area is 144 Å². The molecule has 0 heterocycles. The topological polar surface area (TPSA) is 58.6 Å². The molecule has 118 valence electrons. The summed E-state index contributed by atoms with van der Waals surface area (Å²) in [4.78, 5) is 10.9. The first-order valence-electron chi connectivity index (χ1n) is 6.62. The maximum absolute atomic E-state index is 10.9. The number of ether oxygens (including phenoxy) is 1. The highest BCUT2D eigenvalue weighted by atomic mass is 35.5. The lowest BCUT2D eigenvalue weighted by Gasteiger charge is -2.11. The highest BCUT2D eigenvalue weighted by Gasteiger charge is 2.10. The number of carboxylic acids is 1. The summed E-state index contributed by atoms with van der Waals surface area (Å²) in [7, 11) is 0. The summed E-state index contributed by atoms with van der Waals surface area (Å²) in [6.45, 7) is 0.511. The van der Waals surface area contributed by atoms with Crippen molar-refractivity contribution >= 4 is 34.9 Å². The van der Waals surface area contributed by atoms with Gasteiger partial charge in [-0.25, -0.2) is 4.79 Å². The molecule has 0 bridgehead atoms. The highest BCUT2D eigenvalue weighted by molar-refractivity contribution is 6.37. The summed E-state index contributed by atoms with van der Waals surface area (Å²) in [6.07, 6.45) is 5.14. The van der Waals surface area contributed by atoms with E-state index in [4.69, 9.17) is 39.5 Å². The SMILES string of the molecule is C#CCOc1c(Cl)cc(CNc2cccc(C(=O)O)c2)cc1Cl. The fourth-order valence-corrected chi connectivity index (χ4v) is 2.57. The van der Waals surface area contributed by atoms with Gasteiger partial charge in [-0.2, -0.15) is 0 Å². The van der Waals surface area contributed by atoms with Crippen molar-refractivity contribution in [2.45, 2.75) is 6.54 Å².